The molecule has 1 unspecified atom stereocenters. The Morgan fingerprint density at radius 3 is 2.17 bits per heavy atom. The van der Waals surface area contributed by atoms with Gasteiger partial charge in [-0.05, 0) is 24.6 Å². The molecular formula is C17H24N2O4. The molecule has 126 valence electrons. The van der Waals surface area contributed by atoms with Crippen LogP contribution in [0.2, 0.25) is 0 Å². The number of benzene rings is 1. The zero-order valence-electron chi connectivity index (χ0n) is 14.2. The first-order valence-corrected chi connectivity index (χ1v) is 7.41. The van der Waals surface area contributed by atoms with Gasteiger partial charge < -0.3 is 15.4 Å². The number of hydrogen-bond donors (Lipinski definition) is 2. The number of nitrogens with one attached hydrogen (secondary N) is 2. The van der Waals surface area contributed by atoms with Crippen LogP contribution in [0, 0.1) is 5.41 Å². The highest BCUT2D eigenvalue weighted by Crippen LogP contribution is 2.12. The number of ether oxygens (including phenoxy) is 1. The van der Waals surface area contributed by atoms with Crippen LogP contribution in [0.25, 0.3) is 0 Å². The Kier molecular flexibility index (Phi) is 6.30. The Hall–Kier alpha value is -2.37. The summed E-state index contributed by atoms with van der Waals surface area (Å²) in [6.07, 6.45) is 0. The molecule has 0 saturated carbocycles. The second kappa shape index (κ2) is 7.76. The molecule has 0 bridgehead atoms. The van der Waals surface area contributed by atoms with Gasteiger partial charge in [-0.1, -0.05) is 32.9 Å². The van der Waals surface area contributed by atoms with Gasteiger partial charge in [-0.25, -0.2) is 4.79 Å². The topological polar surface area (TPSA) is 84.5 Å². The maximum atomic E-state index is 12.0. The molecule has 0 aliphatic rings. The second-order valence-electron chi connectivity index (χ2n) is 6.35. The van der Waals surface area contributed by atoms with Gasteiger partial charge in [-0.3, -0.25) is 9.59 Å². The van der Waals surface area contributed by atoms with Crippen LogP contribution < -0.4 is 10.6 Å². The van der Waals surface area contributed by atoms with Crippen molar-refractivity contribution in [1.29, 1.82) is 0 Å². The molecule has 0 aliphatic carbocycles. The summed E-state index contributed by atoms with van der Waals surface area (Å²) in [5, 5.41) is 5.42. The van der Waals surface area contributed by atoms with Crippen LogP contribution in [0.15, 0.2) is 24.3 Å². The Morgan fingerprint density at radius 2 is 1.70 bits per heavy atom. The second-order valence-corrected chi connectivity index (χ2v) is 6.35. The number of methoxy groups -OCH3 is 1. The first-order chi connectivity index (χ1) is 10.6. The standard InChI is InChI=1S/C17H24N2O4/c1-11(19-16(22)17(2,3)4)14(20)18-10-12-6-8-13(9-7-12)15(21)23-5/h6-9,11H,10H2,1-5H3,(H,18,20)(H,19,22). The van der Waals surface area contributed by atoms with Crippen molar-refractivity contribution in [3.8, 4) is 0 Å². The number of carbonyl (C=O) groups excluding carboxylic acids is 3. The average molecular weight is 320 g/mol. The van der Waals surface area contributed by atoms with E-state index in [9.17, 15) is 14.4 Å². The summed E-state index contributed by atoms with van der Waals surface area (Å²) in [7, 11) is 1.32. The van der Waals surface area contributed by atoms with E-state index in [-0.39, 0.29) is 11.8 Å². The zero-order chi connectivity index (χ0) is 17.6. The van der Waals surface area contributed by atoms with Gasteiger partial charge in [-0.15, -0.1) is 0 Å². The Balaban J connectivity index is 2.52. The van der Waals surface area contributed by atoms with Gasteiger partial charge in [0.25, 0.3) is 0 Å². The maximum absolute atomic E-state index is 12.0. The summed E-state index contributed by atoms with van der Waals surface area (Å²) in [5.74, 6) is -0.846. The summed E-state index contributed by atoms with van der Waals surface area (Å²) in [5.41, 5.74) is 0.756. The van der Waals surface area contributed by atoms with Crippen LogP contribution in [0.5, 0.6) is 0 Å². The molecule has 0 fully saturated rings. The Labute approximate surface area is 136 Å². The normalized spacial score (nSPS) is 12.2. The first kappa shape index (κ1) is 18.7. The van der Waals surface area contributed by atoms with Crippen LogP contribution in [0.4, 0.5) is 0 Å². The van der Waals surface area contributed by atoms with E-state index in [4.69, 9.17) is 0 Å². The SMILES string of the molecule is COC(=O)c1ccc(CNC(=O)C(C)NC(=O)C(C)(C)C)cc1. The van der Waals surface area contributed by atoms with Gasteiger partial charge in [0.15, 0.2) is 0 Å². The molecule has 1 aromatic carbocycles. The van der Waals surface area contributed by atoms with Gasteiger partial charge >= 0.3 is 5.97 Å². The molecule has 0 aliphatic heterocycles. The van der Waals surface area contributed by atoms with E-state index in [1.54, 1.807) is 52.0 Å². The van der Waals surface area contributed by atoms with Crippen molar-refractivity contribution in [2.75, 3.05) is 7.11 Å². The molecule has 0 saturated heterocycles. The van der Waals surface area contributed by atoms with Gasteiger partial charge in [0, 0.05) is 12.0 Å². The lowest BCUT2D eigenvalue weighted by Gasteiger charge is -2.21. The smallest absolute Gasteiger partial charge is 0.337 e. The van der Waals surface area contributed by atoms with E-state index in [0.29, 0.717) is 12.1 Å². The van der Waals surface area contributed by atoms with Crippen molar-refractivity contribution >= 4 is 17.8 Å². The number of rotatable bonds is 5. The highest BCUT2D eigenvalue weighted by molar-refractivity contribution is 5.90. The van der Waals surface area contributed by atoms with Gasteiger partial charge in [0.2, 0.25) is 11.8 Å². The third-order valence-electron chi connectivity index (χ3n) is 3.26. The molecule has 2 amide bonds. The van der Waals surface area contributed by atoms with E-state index in [1.807, 2.05) is 0 Å². The lowest BCUT2D eigenvalue weighted by molar-refractivity contribution is -0.133. The molecular weight excluding hydrogens is 296 g/mol. The van der Waals surface area contributed by atoms with E-state index >= 15 is 0 Å². The van der Waals surface area contributed by atoms with Crippen LogP contribution in [-0.4, -0.2) is 30.9 Å². The fourth-order valence-corrected chi connectivity index (χ4v) is 1.70. The lowest BCUT2D eigenvalue weighted by atomic mass is 9.95. The summed E-state index contributed by atoms with van der Waals surface area (Å²) in [6.45, 7) is 7.32. The number of carbonyl (C=O) groups is 3. The molecule has 6 heteroatoms. The third-order valence-corrected chi connectivity index (χ3v) is 3.26. The monoisotopic (exact) mass is 320 g/mol. The summed E-state index contributed by atoms with van der Waals surface area (Å²) in [6, 6.07) is 6.14. The minimum Gasteiger partial charge on any atom is -0.465 e. The largest absolute Gasteiger partial charge is 0.465 e. The Morgan fingerprint density at radius 1 is 1.13 bits per heavy atom. The molecule has 1 aromatic rings. The number of hydrogen-bond acceptors (Lipinski definition) is 4. The summed E-state index contributed by atoms with van der Waals surface area (Å²) < 4.78 is 4.62. The van der Waals surface area contributed by atoms with Crippen LogP contribution in [-0.2, 0) is 20.9 Å². The summed E-state index contributed by atoms with van der Waals surface area (Å²) >= 11 is 0. The summed E-state index contributed by atoms with van der Waals surface area (Å²) in [4.78, 5) is 35.2. The minimum atomic E-state index is -0.615. The maximum Gasteiger partial charge on any atom is 0.337 e. The number of esters is 1. The molecule has 0 heterocycles. The van der Waals surface area contributed by atoms with Crippen molar-refractivity contribution in [2.24, 2.45) is 5.41 Å². The third kappa shape index (κ3) is 5.73. The van der Waals surface area contributed by atoms with E-state index in [0.717, 1.165) is 5.56 Å². The molecule has 6 nitrogen and oxygen atoms in total. The fourth-order valence-electron chi connectivity index (χ4n) is 1.70. The zero-order valence-corrected chi connectivity index (χ0v) is 14.2. The molecule has 23 heavy (non-hydrogen) atoms. The lowest BCUT2D eigenvalue weighted by Crippen LogP contribution is -2.48. The molecule has 0 radical (unpaired) electrons. The van der Waals surface area contributed by atoms with Gasteiger partial charge in [0.05, 0.1) is 12.7 Å². The molecule has 0 aromatic heterocycles. The molecule has 1 atom stereocenters. The molecule has 1 rings (SSSR count). The molecule has 2 N–H and O–H groups in total. The highest BCUT2D eigenvalue weighted by Gasteiger charge is 2.24. The van der Waals surface area contributed by atoms with Crippen molar-refractivity contribution in [3.05, 3.63) is 35.4 Å². The van der Waals surface area contributed by atoms with Crippen LogP contribution in [0.3, 0.4) is 0 Å². The predicted molar refractivity (Wildman–Crippen MR) is 86.7 cm³/mol. The van der Waals surface area contributed by atoms with E-state index in [2.05, 4.69) is 15.4 Å². The van der Waals surface area contributed by atoms with E-state index in [1.165, 1.54) is 7.11 Å². The number of amides is 2. The average Bonchev–Trinajstić information content (AvgIpc) is 2.51. The van der Waals surface area contributed by atoms with Crippen LogP contribution in [0.1, 0.15) is 43.6 Å². The van der Waals surface area contributed by atoms with E-state index < -0.39 is 17.4 Å². The van der Waals surface area contributed by atoms with Crippen LogP contribution >= 0.6 is 0 Å². The van der Waals surface area contributed by atoms with Gasteiger partial charge in [0.1, 0.15) is 6.04 Å². The fraction of sp³-hybridized carbons (Fsp3) is 0.471. The van der Waals surface area contributed by atoms with Gasteiger partial charge in [-0.2, -0.15) is 0 Å². The van der Waals surface area contributed by atoms with Crippen molar-refractivity contribution in [3.63, 3.8) is 0 Å². The quantitative estimate of drug-likeness (QED) is 0.808. The van der Waals surface area contributed by atoms with Crippen molar-refractivity contribution in [2.45, 2.75) is 40.3 Å². The van der Waals surface area contributed by atoms with Crippen molar-refractivity contribution in [1.82, 2.24) is 10.6 Å². The predicted octanol–water partition coefficient (Wildman–Crippen LogP) is 1.64. The Bertz CT molecular complexity index is 573. The van der Waals surface area contributed by atoms with Crippen molar-refractivity contribution < 1.29 is 19.1 Å². The first-order valence-electron chi connectivity index (χ1n) is 7.41. The molecule has 0 spiro atoms. The minimum absolute atomic E-state index is 0.178. The highest BCUT2D eigenvalue weighted by atomic mass is 16.5.